The fraction of sp³-hybridized carbons (Fsp3) is 0.500. The van der Waals surface area contributed by atoms with E-state index < -0.39 is 28.2 Å². The third-order valence-corrected chi connectivity index (χ3v) is 3.91. The molecule has 29 heavy (non-hydrogen) atoms. The molecule has 0 spiro atoms. The van der Waals surface area contributed by atoms with E-state index in [1.165, 1.54) is 29.9 Å². The molecule has 1 heterocycles. The van der Waals surface area contributed by atoms with E-state index in [0.717, 1.165) is 4.57 Å². The summed E-state index contributed by atoms with van der Waals surface area (Å²) < 4.78 is 12.2. The second-order valence-electron chi connectivity index (χ2n) is 7.19. The normalized spacial score (nSPS) is 11.0. The standard InChI is InChI=1S/C18H23N3O7.Na.H/c1-18(2,3)28-15(23)11-20-12-7-5-8-13(21(25)26)16(12)19(17(20)24)10-6-9-14(22)27-4;;/h5,7-8H,6,9-11H2,1-4H3;;/q;+1;-1. The zero-order valence-corrected chi connectivity index (χ0v) is 19.3. The maximum atomic E-state index is 12.9. The minimum absolute atomic E-state index is 0. The van der Waals surface area contributed by atoms with Crippen LogP contribution in [0.25, 0.3) is 11.0 Å². The second kappa shape index (κ2) is 10.0. The van der Waals surface area contributed by atoms with Crippen LogP contribution in [0.5, 0.6) is 0 Å². The number of hydrogen-bond donors (Lipinski definition) is 0. The monoisotopic (exact) mass is 417 g/mol. The molecule has 0 saturated heterocycles. The van der Waals surface area contributed by atoms with Gasteiger partial charge in [0.2, 0.25) is 0 Å². The van der Waals surface area contributed by atoms with Crippen molar-refractivity contribution in [1.82, 2.24) is 9.13 Å². The van der Waals surface area contributed by atoms with Crippen LogP contribution in [-0.2, 0) is 32.2 Å². The Bertz CT molecular complexity index is 979. The molecule has 0 bridgehead atoms. The van der Waals surface area contributed by atoms with Crippen molar-refractivity contribution >= 4 is 28.7 Å². The van der Waals surface area contributed by atoms with Crippen LogP contribution in [0.3, 0.4) is 0 Å². The first kappa shape index (κ1) is 24.9. The molecule has 1 aromatic heterocycles. The van der Waals surface area contributed by atoms with E-state index >= 15 is 0 Å². The van der Waals surface area contributed by atoms with Gasteiger partial charge in [-0.15, -0.1) is 0 Å². The zero-order chi connectivity index (χ0) is 21.1. The predicted octanol–water partition coefficient (Wildman–Crippen LogP) is -0.877. The first-order valence-electron chi connectivity index (χ1n) is 8.70. The van der Waals surface area contributed by atoms with Gasteiger partial charge in [-0.05, 0) is 33.3 Å². The summed E-state index contributed by atoms with van der Waals surface area (Å²) >= 11 is 0. The van der Waals surface area contributed by atoms with Crippen LogP contribution in [0, 0.1) is 10.1 Å². The van der Waals surface area contributed by atoms with Crippen molar-refractivity contribution in [2.45, 2.75) is 52.3 Å². The van der Waals surface area contributed by atoms with Gasteiger partial charge in [0.25, 0.3) is 5.69 Å². The van der Waals surface area contributed by atoms with Gasteiger partial charge >= 0.3 is 47.2 Å². The summed E-state index contributed by atoms with van der Waals surface area (Å²) in [5.41, 5.74) is -1.21. The van der Waals surface area contributed by atoms with Gasteiger partial charge in [0.15, 0.2) is 0 Å². The minimum Gasteiger partial charge on any atom is -1.00 e. The van der Waals surface area contributed by atoms with Crippen LogP contribution < -0.4 is 35.2 Å². The first-order chi connectivity index (χ1) is 13.0. The molecule has 1 aromatic carbocycles. The van der Waals surface area contributed by atoms with Crippen molar-refractivity contribution in [3.05, 3.63) is 38.8 Å². The van der Waals surface area contributed by atoms with E-state index in [0.29, 0.717) is 0 Å². The number of imidazole rings is 1. The molecule has 0 saturated carbocycles. The molecule has 0 radical (unpaired) electrons. The van der Waals surface area contributed by atoms with Gasteiger partial charge in [-0.1, -0.05) is 6.07 Å². The number of nitro benzene ring substituents is 1. The van der Waals surface area contributed by atoms with Crippen LogP contribution in [0.2, 0.25) is 0 Å². The van der Waals surface area contributed by atoms with E-state index in [1.54, 1.807) is 20.8 Å². The number of aryl methyl sites for hydroxylation is 1. The minimum atomic E-state index is -0.731. The Morgan fingerprint density at radius 3 is 2.41 bits per heavy atom. The van der Waals surface area contributed by atoms with E-state index in [9.17, 15) is 24.5 Å². The predicted molar refractivity (Wildman–Crippen MR) is 101 cm³/mol. The molecule has 0 aliphatic rings. The van der Waals surface area contributed by atoms with Crippen LogP contribution in [0.15, 0.2) is 23.0 Å². The Labute approximate surface area is 190 Å². The maximum Gasteiger partial charge on any atom is 1.00 e. The molecule has 11 heteroatoms. The summed E-state index contributed by atoms with van der Waals surface area (Å²) in [7, 11) is 1.26. The molecule has 10 nitrogen and oxygen atoms in total. The smallest absolute Gasteiger partial charge is 1.00 e. The molecule has 0 aliphatic carbocycles. The fourth-order valence-corrected chi connectivity index (χ4v) is 2.85. The number of nitro groups is 1. The molecular formula is C18H24N3NaO7. The number of aromatic nitrogens is 2. The molecule has 2 aromatic rings. The average molecular weight is 417 g/mol. The van der Waals surface area contributed by atoms with Gasteiger partial charge in [0.05, 0.1) is 17.5 Å². The molecular weight excluding hydrogens is 393 g/mol. The number of fused-ring (bicyclic) bond motifs is 1. The number of ether oxygens (including phenoxy) is 2. The second-order valence-corrected chi connectivity index (χ2v) is 7.19. The SMILES string of the molecule is COC(=O)CCCn1c(=O)n(CC(=O)OC(C)(C)C)c2cccc([N+](=O)[O-])c21.[H-].[Na+]. The largest absolute Gasteiger partial charge is 1.00 e. The number of nitrogens with zero attached hydrogens (tertiary/aromatic N) is 3. The summed E-state index contributed by atoms with van der Waals surface area (Å²) in [5, 5.41) is 11.4. The number of para-hydroxylation sites is 1. The van der Waals surface area contributed by atoms with Crippen molar-refractivity contribution in [2.75, 3.05) is 7.11 Å². The Kier molecular flexibility index (Phi) is 8.61. The quantitative estimate of drug-likeness (QED) is 0.248. The number of carbonyl (C=O) groups excluding carboxylic acids is 2. The van der Waals surface area contributed by atoms with E-state index in [4.69, 9.17) is 4.74 Å². The Hall–Kier alpha value is -2.17. The number of carbonyl (C=O) groups is 2. The molecule has 2 rings (SSSR count). The van der Waals surface area contributed by atoms with E-state index in [-0.39, 0.29) is 73.6 Å². The van der Waals surface area contributed by atoms with Crippen molar-refractivity contribution in [3.8, 4) is 0 Å². The van der Waals surface area contributed by atoms with Gasteiger partial charge in [-0.2, -0.15) is 0 Å². The van der Waals surface area contributed by atoms with Gasteiger partial charge in [-0.3, -0.25) is 28.8 Å². The fourth-order valence-electron chi connectivity index (χ4n) is 2.85. The third kappa shape index (κ3) is 6.15. The van der Waals surface area contributed by atoms with Crippen molar-refractivity contribution in [3.63, 3.8) is 0 Å². The van der Waals surface area contributed by atoms with Gasteiger partial charge < -0.3 is 10.9 Å². The summed E-state index contributed by atoms with van der Waals surface area (Å²) in [6.45, 7) is 4.80. The molecule has 0 fully saturated rings. The summed E-state index contributed by atoms with van der Waals surface area (Å²) in [6.07, 6.45) is 0.312. The molecule has 0 atom stereocenters. The zero-order valence-electron chi connectivity index (χ0n) is 18.3. The molecule has 154 valence electrons. The van der Waals surface area contributed by atoms with Crippen molar-refractivity contribution < 1.29 is 55.0 Å². The molecule has 0 amide bonds. The molecule has 0 aliphatic heterocycles. The van der Waals surface area contributed by atoms with E-state index in [2.05, 4.69) is 4.74 Å². The van der Waals surface area contributed by atoms with Crippen LogP contribution in [0.4, 0.5) is 5.69 Å². The van der Waals surface area contributed by atoms with Crippen LogP contribution in [-0.4, -0.2) is 38.7 Å². The summed E-state index contributed by atoms with van der Waals surface area (Å²) in [4.78, 5) is 47.3. The third-order valence-electron chi connectivity index (χ3n) is 3.91. The number of non-ortho nitro benzene ring substituents is 1. The van der Waals surface area contributed by atoms with Crippen LogP contribution >= 0.6 is 0 Å². The Balaban J connectivity index is 0.00000420. The van der Waals surface area contributed by atoms with E-state index in [1.807, 2.05) is 0 Å². The summed E-state index contributed by atoms with van der Waals surface area (Å²) in [6, 6.07) is 4.27. The Morgan fingerprint density at radius 1 is 1.21 bits per heavy atom. The average Bonchev–Trinajstić information content (AvgIpc) is 2.85. The number of esters is 2. The maximum absolute atomic E-state index is 12.9. The Morgan fingerprint density at radius 2 is 1.86 bits per heavy atom. The number of methoxy groups -OCH3 is 1. The van der Waals surface area contributed by atoms with Gasteiger partial charge in [-0.25, -0.2) is 4.79 Å². The van der Waals surface area contributed by atoms with Crippen LogP contribution in [0.1, 0.15) is 35.0 Å². The topological polar surface area (TPSA) is 123 Å². The van der Waals surface area contributed by atoms with Crippen molar-refractivity contribution in [2.24, 2.45) is 0 Å². The van der Waals surface area contributed by atoms with Crippen molar-refractivity contribution in [1.29, 1.82) is 0 Å². The number of rotatable bonds is 7. The van der Waals surface area contributed by atoms with Gasteiger partial charge in [0.1, 0.15) is 17.7 Å². The molecule has 0 unspecified atom stereocenters. The number of benzene rings is 1. The molecule has 0 N–H and O–H groups in total. The summed E-state index contributed by atoms with van der Waals surface area (Å²) in [5.74, 6) is -1.07. The van der Waals surface area contributed by atoms with Gasteiger partial charge in [0, 0.05) is 19.0 Å². The first-order valence-corrected chi connectivity index (χ1v) is 8.70. The number of hydrogen-bond acceptors (Lipinski definition) is 7.